The van der Waals surface area contributed by atoms with Gasteiger partial charge in [-0.05, 0) is 27.2 Å². The zero-order chi connectivity index (χ0) is 16.6. The molecule has 0 amide bonds. The topological polar surface area (TPSA) is 73.5 Å². The van der Waals surface area contributed by atoms with Crippen LogP contribution in [0.2, 0.25) is 0 Å². The third-order valence-electron chi connectivity index (χ3n) is 3.77. The van der Waals surface area contributed by atoms with Crippen molar-refractivity contribution in [2.45, 2.75) is 46.2 Å². The molecule has 1 N–H and O–H groups in total. The van der Waals surface area contributed by atoms with Crippen molar-refractivity contribution in [1.82, 2.24) is 29.5 Å². The third-order valence-corrected chi connectivity index (χ3v) is 3.77. The van der Waals surface area contributed by atoms with E-state index in [1.54, 1.807) is 6.33 Å². The standard InChI is InChI=1S/C16H23N7/c1-6-13-11(9-22(5)21-13)7-17-14-12-8-20-23(16(2,3)4)15(12)19-10-18-14/h8-10H,6-7H2,1-5H3,(H,17,18,19). The summed E-state index contributed by atoms with van der Waals surface area (Å²) in [5, 5.41) is 13.3. The maximum atomic E-state index is 4.48. The van der Waals surface area contributed by atoms with Crippen LogP contribution in [0.25, 0.3) is 11.0 Å². The van der Waals surface area contributed by atoms with Gasteiger partial charge in [-0.15, -0.1) is 0 Å². The summed E-state index contributed by atoms with van der Waals surface area (Å²) in [5.41, 5.74) is 3.02. The molecule has 0 bridgehead atoms. The van der Waals surface area contributed by atoms with Crippen LogP contribution in [0.4, 0.5) is 5.82 Å². The summed E-state index contributed by atoms with van der Waals surface area (Å²) in [7, 11) is 1.94. The number of hydrogen-bond acceptors (Lipinski definition) is 5. The van der Waals surface area contributed by atoms with E-state index in [1.165, 1.54) is 5.56 Å². The van der Waals surface area contributed by atoms with Crippen LogP contribution < -0.4 is 5.32 Å². The quantitative estimate of drug-likeness (QED) is 0.801. The molecule has 0 unspecified atom stereocenters. The fourth-order valence-corrected chi connectivity index (χ4v) is 2.68. The van der Waals surface area contributed by atoms with Gasteiger partial charge in [-0.25, -0.2) is 14.6 Å². The lowest BCUT2D eigenvalue weighted by atomic mass is 10.1. The molecule has 0 atom stereocenters. The molecule has 122 valence electrons. The highest BCUT2D eigenvalue weighted by Gasteiger charge is 2.19. The van der Waals surface area contributed by atoms with Crippen molar-refractivity contribution in [2.75, 3.05) is 5.32 Å². The van der Waals surface area contributed by atoms with Gasteiger partial charge in [0, 0.05) is 25.4 Å². The molecule has 3 heterocycles. The number of rotatable bonds is 4. The first kappa shape index (κ1) is 15.5. The van der Waals surface area contributed by atoms with Crippen molar-refractivity contribution in [3.05, 3.63) is 30.0 Å². The van der Waals surface area contributed by atoms with Gasteiger partial charge >= 0.3 is 0 Å². The van der Waals surface area contributed by atoms with Gasteiger partial charge in [0.2, 0.25) is 0 Å². The average molecular weight is 313 g/mol. The minimum Gasteiger partial charge on any atom is -0.365 e. The molecule has 3 rings (SSSR count). The maximum absolute atomic E-state index is 4.48. The molecule has 0 saturated heterocycles. The Morgan fingerprint density at radius 3 is 2.70 bits per heavy atom. The Kier molecular flexibility index (Phi) is 3.79. The molecule has 23 heavy (non-hydrogen) atoms. The van der Waals surface area contributed by atoms with E-state index in [1.807, 2.05) is 28.8 Å². The molecule has 0 fully saturated rings. The Bertz CT molecular complexity index is 823. The van der Waals surface area contributed by atoms with Crippen molar-refractivity contribution in [2.24, 2.45) is 7.05 Å². The number of aryl methyl sites for hydroxylation is 2. The monoisotopic (exact) mass is 313 g/mol. The zero-order valence-corrected chi connectivity index (χ0v) is 14.3. The van der Waals surface area contributed by atoms with E-state index >= 15 is 0 Å². The van der Waals surface area contributed by atoms with Crippen LogP contribution in [0, 0.1) is 0 Å². The van der Waals surface area contributed by atoms with Crippen LogP contribution in [0.3, 0.4) is 0 Å². The van der Waals surface area contributed by atoms with Crippen LogP contribution in [0.15, 0.2) is 18.7 Å². The summed E-state index contributed by atoms with van der Waals surface area (Å²) >= 11 is 0. The smallest absolute Gasteiger partial charge is 0.163 e. The SMILES string of the molecule is CCc1nn(C)cc1CNc1ncnc2c1cnn2C(C)(C)C. The fourth-order valence-electron chi connectivity index (χ4n) is 2.68. The van der Waals surface area contributed by atoms with Crippen molar-refractivity contribution in [1.29, 1.82) is 0 Å². The lowest BCUT2D eigenvalue weighted by Crippen LogP contribution is -2.23. The molecule has 3 aromatic heterocycles. The van der Waals surface area contributed by atoms with Crippen molar-refractivity contribution in [3.63, 3.8) is 0 Å². The number of aromatic nitrogens is 6. The van der Waals surface area contributed by atoms with Crippen LogP contribution in [0.1, 0.15) is 39.0 Å². The normalized spacial score (nSPS) is 12.0. The van der Waals surface area contributed by atoms with Gasteiger partial charge in [-0.1, -0.05) is 6.92 Å². The number of hydrogen-bond donors (Lipinski definition) is 1. The summed E-state index contributed by atoms with van der Waals surface area (Å²) in [6, 6.07) is 0. The van der Waals surface area contributed by atoms with Gasteiger partial charge in [-0.3, -0.25) is 4.68 Å². The van der Waals surface area contributed by atoms with Gasteiger partial charge in [0.25, 0.3) is 0 Å². The highest BCUT2D eigenvalue weighted by atomic mass is 15.3. The van der Waals surface area contributed by atoms with Gasteiger partial charge in [0.1, 0.15) is 12.1 Å². The van der Waals surface area contributed by atoms with Gasteiger partial charge in [-0.2, -0.15) is 10.2 Å². The van der Waals surface area contributed by atoms with Gasteiger partial charge in [0.15, 0.2) is 5.65 Å². The Morgan fingerprint density at radius 1 is 1.22 bits per heavy atom. The zero-order valence-electron chi connectivity index (χ0n) is 14.3. The first-order valence-electron chi connectivity index (χ1n) is 7.84. The average Bonchev–Trinajstić information content (AvgIpc) is 3.07. The van der Waals surface area contributed by atoms with Crippen molar-refractivity contribution >= 4 is 16.9 Å². The summed E-state index contributed by atoms with van der Waals surface area (Å²) in [6.45, 7) is 9.12. The molecule has 0 spiro atoms. The predicted octanol–water partition coefficient (Wildman–Crippen LogP) is 2.49. The van der Waals surface area contributed by atoms with E-state index in [9.17, 15) is 0 Å². The van der Waals surface area contributed by atoms with E-state index in [-0.39, 0.29) is 5.54 Å². The van der Waals surface area contributed by atoms with Crippen LogP contribution in [0.5, 0.6) is 0 Å². The lowest BCUT2D eigenvalue weighted by molar-refractivity contribution is 0.366. The molecule has 0 saturated carbocycles. The first-order valence-corrected chi connectivity index (χ1v) is 7.84. The first-order chi connectivity index (χ1) is 10.9. The van der Waals surface area contributed by atoms with E-state index in [2.05, 4.69) is 53.2 Å². The maximum Gasteiger partial charge on any atom is 0.163 e. The minimum atomic E-state index is -0.119. The third kappa shape index (κ3) is 2.91. The molecule has 7 nitrogen and oxygen atoms in total. The van der Waals surface area contributed by atoms with Crippen LogP contribution >= 0.6 is 0 Å². The molecule has 0 aliphatic heterocycles. The molecular formula is C16H23N7. The number of nitrogens with one attached hydrogen (secondary N) is 1. The second kappa shape index (κ2) is 5.64. The summed E-state index contributed by atoms with van der Waals surface area (Å²) < 4.78 is 3.78. The van der Waals surface area contributed by atoms with E-state index in [0.717, 1.165) is 29.0 Å². The Morgan fingerprint density at radius 2 is 2.00 bits per heavy atom. The second-order valence-electron chi connectivity index (χ2n) is 6.67. The highest BCUT2D eigenvalue weighted by Crippen LogP contribution is 2.24. The van der Waals surface area contributed by atoms with E-state index < -0.39 is 0 Å². The molecule has 0 radical (unpaired) electrons. The number of nitrogens with zero attached hydrogens (tertiary/aromatic N) is 6. The lowest BCUT2D eigenvalue weighted by Gasteiger charge is -2.19. The van der Waals surface area contributed by atoms with E-state index in [4.69, 9.17) is 0 Å². The van der Waals surface area contributed by atoms with Crippen LogP contribution in [-0.4, -0.2) is 29.5 Å². The second-order valence-corrected chi connectivity index (χ2v) is 6.67. The van der Waals surface area contributed by atoms with Gasteiger partial charge in [0.05, 0.1) is 22.8 Å². The molecule has 0 aliphatic rings. The fraction of sp³-hybridized carbons (Fsp3) is 0.500. The Labute approximate surface area is 135 Å². The minimum absolute atomic E-state index is 0.119. The summed E-state index contributed by atoms with van der Waals surface area (Å²) in [4.78, 5) is 8.77. The Balaban J connectivity index is 1.90. The van der Waals surface area contributed by atoms with Crippen LogP contribution in [-0.2, 0) is 25.6 Å². The Hall–Kier alpha value is -2.44. The summed E-state index contributed by atoms with van der Waals surface area (Å²) in [5.74, 6) is 0.802. The van der Waals surface area contributed by atoms with Gasteiger partial charge < -0.3 is 5.32 Å². The van der Waals surface area contributed by atoms with E-state index in [0.29, 0.717) is 6.54 Å². The molecule has 0 aromatic carbocycles. The molecular weight excluding hydrogens is 290 g/mol. The molecule has 7 heteroatoms. The van der Waals surface area contributed by atoms with Crippen molar-refractivity contribution in [3.8, 4) is 0 Å². The highest BCUT2D eigenvalue weighted by molar-refractivity contribution is 5.86. The predicted molar refractivity (Wildman–Crippen MR) is 90.2 cm³/mol. The molecule has 3 aromatic rings. The summed E-state index contributed by atoms with van der Waals surface area (Å²) in [6.07, 6.45) is 6.37. The largest absolute Gasteiger partial charge is 0.365 e. The van der Waals surface area contributed by atoms with Crippen molar-refractivity contribution < 1.29 is 0 Å². The molecule has 0 aliphatic carbocycles. The number of anilines is 1. The number of fused-ring (bicyclic) bond motifs is 1.